The fraction of sp³-hybridized carbons (Fsp3) is 0.385. The van der Waals surface area contributed by atoms with Crippen LogP contribution in [0.4, 0.5) is 11.5 Å². The van der Waals surface area contributed by atoms with Crippen LogP contribution in [0.2, 0.25) is 0 Å². The molecular weight excluding hydrogens is 526 g/mol. The van der Waals surface area contributed by atoms with E-state index in [-0.39, 0.29) is 23.9 Å². The van der Waals surface area contributed by atoms with Gasteiger partial charge in [-0.25, -0.2) is 23.4 Å². The fourth-order valence-electron chi connectivity index (χ4n) is 3.72. The highest BCUT2D eigenvalue weighted by molar-refractivity contribution is 7.92. The molecule has 0 aliphatic rings. The molecule has 1 atom stereocenters. The first kappa shape index (κ1) is 27.7. The Balaban J connectivity index is 1.66. The molecule has 4 aromatic rings. The number of sulfone groups is 1. The maximum Gasteiger partial charge on any atom is 0.323 e. The van der Waals surface area contributed by atoms with E-state index < -0.39 is 26.6 Å². The van der Waals surface area contributed by atoms with Gasteiger partial charge in [0.1, 0.15) is 42.0 Å². The molecule has 2 aromatic heterocycles. The molecule has 0 bridgehead atoms. The van der Waals surface area contributed by atoms with Crippen molar-refractivity contribution in [2.75, 3.05) is 18.5 Å². The van der Waals surface area contributed by atoms with E-state index >= 15 is 0 Å². The van der Waals surface area contributed by atoms with Crippen molar-refractivity contribution in [1.29, 1.82) is 0 Å². The lowest BCUT2D eigenvalue weighted by Crippen LogP contribution is -2.33. The van der Waals surface area contributed by atoms with Crippen LogP contribution in [-0.2, 0) is 19.4 Å². The van der Waals surface area contributed by atoms with Crippen molar-refractivity contribution < 1.29 is 22.7 Å². The third kappa shape index (κ3) is 5.87. The minimum absolute atomic E-state index is 0.000635. The maximum atomic E-state index is 13.6. The first-order chi connectivity index (χ1) is 18.0. The number of nitrogens with zero attached hydrogens (tertiary/aromatic N) is 3. The number of carbonyl (C=O) groups is 1. The minimum atomic E-state index is -3.83. The molecule has 38 heavy (non-hydrogen) atoms. The molecule has 0 saturated carbocycles. The third-order valence-electron chi connectivity index (χ3n) is 5.88. The number of rotatable bonds is 10. The number of ether oxygens (including phenoxy) is 2. The molecule has 0 amide bonds. The SMILES string of the molecule is CCCC(N)C(=O)OCCOc1cc2ncnc(Nc3ccc4scnc4c3)c2cc1S(=O)(=O)C(C)(C)C. The highest BCUT2D eigenvalue weighted by Gasteiger charge is 2.34. The molecule has 0 fully saturated rings. The maximum absolute atomic E-state index is 13.6. The van der Waals surface area contributed by atoms with Crippen LogP contribution in [0.25, 0.3) is 21.1 Å². The minimum Gasteiger partial charge on any atom is -0.489 e. The average molecular weight is 558 g/mol. The number of esters is 1. The summed E-state index contributed by atoms with van der Waals surface area (Å²) < 4.78 is 38.1. The molecule has 4 rings (SSSR count). The summed E-state index contributed by atoms with van der Waals surface area (Å²) >= 11 is 1.55. The monoisotopic (exact) mass is 557 g/mol. The average Bonchev–Trinajstić information content (AvgIpc) is 3.33. The second-order valence-corrected chi connectivity index (χ2v) is 13.3. The van der Waals surface area contributed by atoms with Crippen LogP contribution in [0.5, 0.6) is 5.75 Å². The predicted molar refractivity (Wildman–Crippen MR) is 149 cm³/mol. The summed E-state index contributed by atoms with van der Waals surface area (Å²) in [4.78, 5) is 25.0. The van der Waals surface area contributed by atoms with E-state index in [0.29, 0.717) is 23.1 Å². The number of thiazole rings is 1. The van der Waals surface area contributed by atoms with Gasteiger partial charge in [0, 0.05) is 17.1 Å². The Morgan fingerprint density at radius 2 is 1.89 bits per heavy atom. The predicted octanol–water partition coefficient (Wildman–Crippen LogP) is 4.60. The van der Waals surface area contributed by atoms with Crippen molar-refractivity contribution >= 4 is 59.8 Å². The van der Waals surface area contributed by atoms with Crippen LogP contribution in [0, 0.1) is 0 Å². The van der Waals surface area contributed by atoms with Gasteiger partial charge in [-0.3, -0.25) is 4.79 Å². The standard InChI is InChI=1S/C26H31N5O5S2/c1-5-6-18(27)25(32)36-10-9-35-21-13-19-17(12-23(21)38(33,34)26(2,3)4)24(29-14-28-19)31-16-7-8-22-20(11-16)30-15-37-22/h7-8,11-15,18H,5-6,9-10,27H2,1-4H3,(H,28,29,31). The number of benzene rings is 2. The molecule has 0 saturated heterocycles. The zero-order chi connectivity index (χ0) is 27.5. The lowest BCUT2D eigenvalue weighted by Gasteiger charge is -2.22. The number of hydrogen-bond donors (Lipinski definition) is 2. The van der Waals surface area contributed by atoms with Crippen LogP contribution in [0.15, 0.2) is 47.1 Å². The highest BCUT2D eigenvalue weighted by Crippen LogP contribution is 2.37. The quantitative estimate of drug-likeness (QED) is 0.209. The lowest BCUT2D eigenvalue weighted by atomic mass is 10.2. The van der Waals surface area contributed by atoms with E-state index in [9.17, 15) is 13.2 Å². The Kier molecular flexibility index (Phi) is 8.14. The molecule has 2 heterocycles. The number of anilines is 2. The summed E-state index contributed by atoms with van der Waals surface area (Å²) in [6.45, 7) is 6.67. The van der Waals surface area contributed by atoms with Gasteiger partial charge in [0.15, 0.2) is 9.84 Å². The van der Waals surface area contributed by atoms with Gasteiger partial charge in [-0.05, 0) is 51.5 Å². The number of aromatic nitrogens is 3. The van der Waals surface area contributed by atoms with Crippen LogP contribution >= 0.6 is 11.3 Å². The smallest absolute Gasteiger partial charge is 0.323 e. The molecule has 3 N–H and O–H groups in total. The molecule has 0 spiro atoms. The van der Waals surface area contributed by atoms with Crippen molar-refractivity contribution in [3.63, 3.8) is 0 Å². The van der Waals surface area contributed by atoms with Gasteiger partial charge in [0.05, 0.1) is 26.0 Å². The molecule has 10 nitrogen and oxygen atoms in total. The van der Waals surface area contributed by atoms with Gasteiger partial charge in [-0.15, -0.1) is 11.3 Å². The van der Waals surface area contributed by atoms with E-state index in [2.05, 4.69) is 20.3 Å². The summed E-state index contributed by atoms with van der Waals surface area (Å²) in [5.41, 5.74) is 9.66. The van der Waals surface area contributed by atoms with Crippen molar-refractivity contribution in [2.24, 2.45) is 5.73 Å². The van der Waals surface area contributed by atoms with Gasteiger partial charge in [-0.2, -0.15) is 0 Å². The Morgan fingerprint density at radius 1 is 1.11 bits per heavy atom. The Hall–Kier alpha value is -3.35. The molecular formula is C26H31N5O5S2. The first-order valence-electron chi connectivity index (χ1n) is 12.2. The van der Waals surface area contributed by atoms with Crippen LogP contribution < -0.4 is 15.8 Å². The zero-order valence-electron chi connectivity index (χ0n) is 21.7. The van der Waals surface area contributed by atoms with Gasteiger partial charge in [0.2, 0.25) is 0 Å². The van der Waals surface area contributed by atoms with Crippen LogP contribution in [0.1, 0.15) is 40.5 Å². The molecule has 2 aromatic carbocycles. The Labute approximate surface area is 225 Å². The first-order valence-corrected chi connectivity index (χ1v) is 14.6. The van der Waals surface area contributed by atoms with E-state index in [1.807, 2.05) is 25.1 Å². The van der Waals surface area contributed by atoms with E-state index in [0.717, 1.165) is 22.3 Å². The number of carbonyl (C=O) groups excluding carboxylic acids is 1. The van der Waals surface area contributed by atoms with Crippen molar-refractivity contribution in [3.8, 4) is 5.75 Å². The van der Waals surface area contributed by atoms with Crippen LogP contribution in [-0.4, -0.2) is 53.3 Å². The summed E-state index contributed by atoms with van der Waals surface area (Å²) in [5.74, 6) is 0.0472. The molecule has 1 unspecified atom stereocenters. The van der Waals surface area contributed by atoms with Crippen molar-refractivity contribution in [1.82, 2.24) is 15.0 Å². The molecule has 12 heteroatoms. The van der Waals surface area contributed by atoms with Crippen molar-refractivity contribution in [2.45, 2.75) is 56.2 Å². The summed E-state index contributed by atoms with van der Waals surface area (Å²) in [7, 11) is -3.83. The molecule has 202 valence electrons. The summed E-state index contributed by atoms with van der Waals surface area (Å²) in [5, 5.41) is 3.77. The normalized spacial score (nSPS) is 13.0. The number of nitrogens with one attached hydrogen (secondary N) is 1. The van der Waals surface area contributed by atoms with Gasteiger partial charge in [-0.1, -0.05) is 13.3 Å². The van der Waals surface area contributed by atoms with E-state index in [1.165, 1.54) is 12.4 Å². The summed E-state index contributed by atoms with van der Waals surface area (Å²) in [6.07, 6.45) is 2.67. The fourth-order valence-corrected chi connectivity index (χ4v) is 5.69. The second-order valence-electron chi connectivity index (χ2n) is 9.73. The van der Waals surface area contributed by atoms with E-state index in [4.69, 9.17) is 15.2 Å². The lowest BCUT2D eigenvalue weighted by molar-refractivity contribution is -0.146. The molecule has 0 aliphatic carbocycles. The van der Waals surface area contributed by atoms with E-state index in [1.54, 1.807) is 43.7 Å². The second kappa shape index (κ2) is 11.2. The Bertz CT molecular complexity index is 1560. The topological polar surface area (TPSA) is 146 Å². The van der Waals surface area contributed by atoms with Crippen LogP contribution in [0.3, 0.4) is 0 Å². The van der Waals surface area contributed by atoms with Gasteiger partial charge < -0.3 is 20.5 Å². The number of nitrogens with two attached hydrogens (primary N) is 1. The number of hydrogen-bond acceptors (Lipinski definition) is 11. The highest BCUT2D eigenvalue weighted by atomic mass is 32.2. The summed E-state index contributed by atoms with van der Waals surface area (Å²) in [6, 6.07) is 8.16. The zero-order valence-corrected chi connectivity index (χ0v) is 23.4. The van der Waals surface area contributed by atoms with Crippen molar-refractivity contribution in [3.05, 3.63) is 42.2 Å². The molecule has 0 radical (unpaired) electrons. The van der Waals surface area contributed by atoms with Gasteiger partial charge in [0.25, 0.3) is 0 Å². The largest absolute Gasteiger partial charge is 0.489 e. The molecule has 0 aliphatic heterocycles. The number of fused-ring (bicyclic) bond motifs is 2. The Morgan fingerprint density at radius 3 is 2.63 bits per heavy atom. The third-order valence-corrected chi connectivity index (χ3v) is 9.20. The van der Waals surface area contributed by atoms with Gasteiger partial charge >= 0.3 is 5.97 Å².